The summed E-state index contributed by atoms with van der Waals surface area (Å²) >= 11 is 0. The monoisotopic (exact) mass is 443 g/mol. The molecule has 164 valence electrons. The average Bonchev–Trinajstić information content (AvgIpc) is 2.80. The van der Waals surface area contributed by atoms with Crippen LogP contribution in [0, 0.1) is 0 Å². The van der Waals surface area contributed by atoms with Gasteiger partial charge in [0.15, 0.2) is 0 Å². The molecule has 8 heteroatoms. The van der Waals surface area contributed by atoms with E-state index in [1.165, 1.54) is 11.4 Å². The van der Waals surface area contributed by atoms with Crippen molar-refractivity contribution in [2.45, 2.75) is 13.1 Å². The van der Waals surface area contributed by atoms with Gasteiger partial charge in [0, 0.05) is 13.1 Å². The van der Waals surface area contributed by atoms with Crippen molar-refractivity contribution < 1.29 is 26.8 Å². The molecule has 0 N–H and O–H groups in total. The van der Waals surface area contributed by atoms with Gasteiger partial charge < -0.3 is 18.4 Å². The first-order valence-corrected chi connectivity index (χ1v) is 10.9. The molecule has 3 aromatic carbocycles. The zero-order valence-corrected chi connectivity index (χ0v) is 18.5. The van der Waals surface area contributed by atoms with Crippen LogP contribution >= 0.6 is 0 Å². The van der Waals surface area contributed by atoms with Crippen LogP contribution in [0.1, 0.15) is 11.1 Å². The zero-order valence-electron chi connectivity index (χ0n) is 17.6. The molecule has 0 spiro atoms. The molecule has 0 aliphatic heterocycles. The first kappa shape index (κ1) is 22.5. The standard InChI is InChI=1S/C23H25NO6S/c1-27-20-8-4-18(5-9-20)16-24(17-19-6-10-21(28-2)11-7-19)31(25,26)30-23-14-12-22(29-3)13-15-23/h4-15H,16-17H2,1-3H3. The van der Waals surface area contributed by atoms with Crippen molar-refractivity contribution >= 4 is 10.3 Å². The number of methoxy groups -OCH3 is 3. The number of benzene rings is 3. The molecule has 31 heavy (non-hydrogen) atoms. The highest BCUT2D eigenvalue weighted by molar-refractivity contribution is 7.84. The third-order valence-corrected chi connectivity index (χ3v) is 5.91. The molecular weight excluding hydrogens is 418 g/mol. The van der Waals surface area contributed by atoms with E-state index in [1.807, 2.05) is 24.3 Å². The minimum atomic E-state index is -4.09. The van der Waals surface area contributed by atoms with E-state index >= 15 is 0 Å². The second-order valence-electron chi connectivity index (χ2n) is 6.68. The van der Waals surface area contributed by atoms with Crippen LogP contribution in [0.4, 0.5) is 0 Å². The molecule has 3 aromatic rings. The van der Waals surface area contributed by atoms with E-state index < -0.39 is 10.3 Å². The third-order valence-electron chi connectivity index (χ3n) is 4.61. The van der Waals surface area contributed by atoms with Gasteiger partial charge in [0.1, 0.15) is 23.0 Å². The van der Waals surface area contributed by atoms with Crippen molar-refractivity contribution in [1.82, 2.24) is 4.31 Å². The van der Waals surface area contributed by atoms with Gasteiger partial charge in [0.05, 0.1) is 21.3 Å². The number of rotatable bonds is 10. The minimum Gasteiger partial charge on any atom is -0.497 e. The lowest BCUT2D eigenvalue weighted by Crippen LogP contribution is -2.33. The molecule has 0 saturated carbocycles. The second-order valence-corrected chi connectivity index (χ2v) is 8.22. The van der Waals surface area contributed by atoms with Crippen LogP contribution in [0.3, 0.4) is 0 Å². The summed E-state index contributed by atoms with van der Waals surface area (Å²) in [5.41, 5.74) is 1.60. The summed E-state index contributed by atoms with van der Waals surface area (Å²) in [7, 11) is 0.610. The van der Waals surface area contributed by atoms with Crippen LogP contribution < -0.4 is 18.4 Å². The quantitative estimate of drug-likeness (QED) is 0.471. The Hall–Kier alpha value is -3.23. The summed E-state index contributed by atoms with van der Waals surface area (Å²) in [5, 5.41) is 0. The van der Waals surface area contributed by atoms with Crippen LogP contribution in [-0.2, 0) is 23.4 Å². The summed E-state index contributed by atoms with van der Waals surface area (Å²) in [6, 6.07) is 20.8. The van der Waals surface area contributed by atoms with Gasteiger partial charge in [-0.25, -0.2) is 0 Å². The van der Waals surface area contributed by atoms with Gasteiger partial charge in [-0.2, -0.15) is 12.7 Å². The molecule has 0 saturated heterocycles. The van der Waals surface area contributed by atoms with E-state index in [0.29, 0.717) is 17.2 Å². The van der Waals surface area contributed by atoms with Crippen LogP contribution in [-0.4, -0.2) is 34.1 Å². The van der Waals surface area contributed by atoms with Crippen molar-refractivity contribution in [3.63, 3.8) is 0 Å². The Morgan fingerprint density at radius 2 is 0.903 bits per heavy atom. The topological polar surface area (TPSA) is 74.3 Å². The predicted molar refractivity (Wildman–Crippen MR) is 118 cm³/mol. The fourth-order valence-corrected chi connectivity index (χ4v) is 3.96. The number of ether oxygens (including phenoxy) is 3. The molecule has 3 rings (SSSR count). The zero-order chi connectivity index (χ0) is 22.3. The first-order valence-electron chi connectivity index (χ1n) is 9.53. The molecule has 0 unspecified atom stereocenters. The Labute approximate surface area is 183 Å². The third kappa shape index (κ3) is 6.13. The van der Waals surface area contributed by atoms with Gasteiger partial charge in [0.25, 0.3) is 0 Å². The molecule has 0 radical (unpaired) electrons. The summed E-state index contributed by atoms with van der Waals surface area (Å²) < 4.78 is 48.4. The van der Waals surface area contributed by atoms with Crippen molar-refractivity contribution in [1.29, 1.82) is 0 Å². The lowest BCUT2D eigenvalue weighted by molar-refractivity contribution is 0.345. The fourth-order valence-electron chi connectivity index (χ4n) is 2.89. The molecule has 0 amide bonds. The lowest BCUT2D eigenvalue weighted by Gasteiger charge is -2.22. The van der Waals surface area contributed by atoms with Crippen LogP contribution in [0.5, 0.6) is 23.0 Å². The van der Waals surface area contributed by atoms with Gasteiger partial charge >= 0.3 is 10.3 Å². The van der Waals surface area contributed by atoms with Crippen LogP contribution in [0.2, 0.25) is 0 Å². The average molecular weight is 444 g/mol. The largest absolute Gasteiger partial charge is 0.497 e. The number of hydrogen-bond acceptors (Lipinski definition) is 6. The second kappa shape index (κ2) is 10.2. The maximum absolute atomic E-state index is 13.1. The molecule has 0 heterocycles. The Balaban J connectivity index is 1.85. The van der Waals surface area contributed by atoms with Crippen molar-refractivity contribution in [3.8, 4) is 23.0 Å². The maximum Gasteiger partial charge on any atom is 0.385 e. The van der Waals surface area contributed by atoms with Crippen LogP contribution in [0.15, 0.2) is 72.8 Å². The molecular formula is C23H25NO6S. The summed E-state index contributed by atoms with van der Waals surface area (Å²) in [4.78, 5) is 0. The van der Waals surface area contributed by atoms with Gasteiger partial charge in [0.2, 0.25) is 0 Å². The predicted octanol–water partition coefficient (Wildman–Crippen LogP) is 4.04. The van der Waals surface area contributed by atoms with Gasteiger partial charge in [-0.15, -0.1) is 0 Å². The fraction of sp³-hybridized carbons (Fsp3) is 0.217. The molecule has 0 fully saturated rings. The Bertz CT molecular complexity index is 1020. The molecule has 0 aromatic heterocycles. The molecule has 0 aliphatic rings. The molecule has 0 aliphatic carbocycles. The Morgan fingerprint density at radius 3 is 1.26 bits per heavy atom. The summed E-state index contributed by atoms with van der Waals surface area (Å²) in [6.45, 7) is 0.267. The van der Waals surface area contributed by atoms with E-state index in [-0.39, 0.29) is 18.8 Å². The number of nitrogens with zero attached hydrogens (tertiary/aromatic N) is 1. The van der Waals surface area contributed by atoms with E-state index in [0.717, 1.165) is 11.1 Å². The highest BCUT2D eigenvalue weighted by Crippen LogP contribution is 2.23. The van der Waals surface area contributed by atoms with Gasteiger partial charge in [-0.1, -0.05) is 24.3 Å². The SMILES string of the molecule is COc1ccc(CN(Cc2ccc(OC)cc2)S(=O)(=O)Oc2ccc(OC)cc2)cc1. The van der Waals surface area contributed by atoms with Gasteiger partial charge in [-0.3, -0.25) is 0 Å². The first-order chi connectivity index (χ1) is 14.9. The van der Waals surface area contributed by atoms with E-state index in [9.17, 15) is 8.42 Å². The summed E-state index contributed by atoms with van der Waals surface area (Å²) in [5.74, 6) is 2.21. The highest BCUT2D eigenvalue weighted by Gasteiger charge is 2.25. The Morgan fingerprint density at radius 1 is 0.581 bits per heavy atom. The maximum atomic E-state index is 13.1. The van der Waals surface area contributed by atoms with Crippen molar-refractivity contribution in [3.05, 3.63) is 83.9 Å². The minimum absolute atomic E-state index is 0.133. The van der Waals surface area contributed by atoms with Crippen molar-refractivity contribution in [2.24, 2.45) is 0 Å². The molecule has 7 nitrogen and oxygen atoms in total. The van der Waals surface area contributed by atoms with Crippen LogP contribution in [0.25, 0.3) is 0 Å². The normalized spacial score (nSPS) is 11.2. The molecule has 0 bridgehead atoms. The van der Waals surface area contributed by atoms with E-state index in [2.05, 4.69) is 0 Å². The lowest BCUT2D eigenvalue weighted by atomic mass is 10.2. The Kier molecular flexibility index (Phi) is 7.38. The number of hydrogen-bond donors (Lipinski definition) is 0. The van der Waals surface area contributed by atoms with Gasteiger partial charge in [-0.05, 0) is 59.7 Å². The smallest absolute Gasteiger partial charge is 0.385 e. The summed E-state index contributed by atoms with van der Waals surface area (Å²) in [6.07, 6.45) is 0. The van der Waals surface area contributed by atoms with E-state index in [4.69, 9.17) is 18.4 Å². The highest BCUT2D eigenvalue weighted by atomic mass is 32.2. The molecule has 0 atom stereocenters. The van der Waals surface area contributed by atoms with Crippen molar-refractivity contribution in [2.75, 3.05) is 21.3 Å². The van der Waals surface area contributed by atoms with E-state index in [1.54, 1.807) is 62.8 Å².